The van der Waals surface area contributed by atoms with E-state index in [1.807, 2.05) is 6.92 Å². The van der Waals surface area contributed by atoms with E-state index in [-0.39, 0.29) is 0 Å². The number of hydrogen-bond acceptors (Lipinski definition) is 4. The van der Waals surface area contributed by atoms with Gasteiger partial charge < -0.3 is 9.47 Å². The fourth-order valence-electron chi connectivity index (χ4n) is 1.57. The average molecular weight is 265 g/mol. The summed E-state index contributed by atoms with van der Waals surface area (Å²) in [4.78, 5) is 22.8. The van der Waals surface area contributed by atoms with Gasteiger partial charge in [0, 0.05) is 5.56 Å². The summed E-state index contributed by atoms with van der Waals surface area (Å²) >= 11 is 0. The van der Waals surface area contributed by atoms with Gasteiger partial charge in [-0.25, -0.2) is 4.79 Å². The number of hydrogen-bond donors (Lipinski definition) is 1. The molecule has 0 aliphatic carbocycles. The van der Waals surface area contributed by atoms with Gasteiger partial charge in [-0.2, -0.15) is 0 Å². The molecule has 104 valence electrons. The second kappa shape index (κ2) is 5.73. The molecule has 0 unspecified atom stereocenters. The third kappa shape index (κ3) is 4.28. The number of methoxy groups -OCH3 is 1. The van der Waals surface area contributed by atoms with Gasteiger partial charge in [-0.05, 0) is 45.4 Å². The summed E-state index contributed by atoms with van der Waals surface area (Å²) < 4.78 is 10.3. The van der Waals surface area contributed by atoms with Crippen LogP contribution in [0.15, 0.2) is 12.1 Å². The van der Waals surface area contributed by atoms with Gasteiger partial charge in [0.05, 0.1) is 12.8 Å². The smallest absolute Gasteiger partial charge is 0.412 e. The van der Waals surface area contributed by atoms with Crippen molar-refractivity contribution in [3.05, 3.63) is 23.3 Å². The summed E-state index contributed by atoms with van der Waals surface area (Å²) in [6.07, 6.45) is 0.0418. The van der Waals surface area contributed by atoms with Crippen molar-refractivity contribution in [1.82, 2.24) is 0 Å². The Hall–Kier alpha value is -2.04. The van der Waals surface area contributed by atoms with Crippen LogP contribution < -0.4 is 10.1 Å². The van der Waals surface area contributed by atoms with Crippen molar-refractivity contribution in [1.29, 1.82) is 0 Å². The molecule has 1 aromatic carbocycles. The summed E-state index contributed by atoms with van der Waals surface area (Å²) in [7, 11) is 1.48. The van der Waals surface area contributed by atoms with Gasteiger partial charge in [0.15, 0.2) is 6.29 Å². The number of rotatable bonds is 3. The molecule has 19 heavy (non-hydrogen) atoms. The zero-order valence-electron chi connectivity index (χ0n) is 11.9. The van der Waals surface area contributed by atoms with Gasteiger partial charge in [-0.15, -0.1) is 0 Å². The Kier molecular flexibility index (Phi) is 4.53. The molecule has 1 N–H and O–H groups in total. The minimum absolute atomic E-state index is 0.317. The molecule has 0 aliphatic heterocycles. The van der Waals surface area contributed by atoms with E-state index in [4.69, 9.17) is 9.47 Å². The van der Waals surface area contributed by atoms with E-state index in [1.54, 1.807) is 32.9 Å². The first-order chi connectivity index (χ1) is 8.76. The van der Waals surface area contributed by atoms with Gasteiger partial charge in [-0.1, -0.05) is 0 Å². The molecule has 0 bridgehead atoms. The maximum atomic E-state index is 11.7. The lowest BCUT2D eigenvalue weighted by Gasteiger charge is -2.21. The first-order valence-electron chi connectivity index (χ1n) is 5.90. The number of aldehydes is 1. The summed E-state index contributed by atoms with van der Waals surface area (Å²) in [5, 5.41) is 2.55. The molecule has 0 saturated heterocycles. The van der Waals surface area contributed by atoms with Crippen LogP contribution in [0.1, 0.15) is 36.7 Å². The van der Waals surface area contributed by atoms with Crippen LogP contribution in [0.2, 0.25) is 0 Å². The van der Waals surface area contributed by atoms with Gasteiger partial charge in [0.1, 0.15) is 11.4 Å². The molecule has 0 aliphatic rings. The summed E-state index contributed by atoms with van der Waals surface area (Å²) in [6.45, 7) is 7.13. The monoisotopic (exact) mass is 265 g/mol. The van der Waals surface area contributed by atoms with E-state index < -0.39 is 11.7 Å². The first kappa shape index (κ1) is 15.0. The molecular weight excluding hydrogens is 246 g/mol. The SMILES string of the molecule is COc1cc(C)cc(C=O)c1NC(=O)OC(C)(C)C. The molecule has 1 amide bonds. The zero-order chi connectivity index (χ0) is 14.6. The molecular formula is C14H19NO4. The van der Waals surface area contributed by atoms with Crippen LogP contribution in [0.3, 0.4) is 0 Å². The highest BCUT2D eigenvalue weighted by molar-refractivity contribution is 5.96. The largest absolute Gasteiger partial charge is 0.495 e. The average Bonchev–Trinajstić information content (AvgIpc) is 2.28. The molecule has 0 heterocycles. The normalized spacial score (nSPS) is 10.8. The van der Waals surface area contributed by atoms with Crippen LogP contribution in [-0.4, -0.2) is 25.1 Å². The predicted octanol–water partition coefficient (Wildman–Crippen LogP) is 3.16. The highest BCUT2D eigenvalue weighted by atomic mass is 16.6. The highest BCUT2D eigenvalue weighted by Gasteiger charge is 2.19. The molecule has 0 spiro atoms. The third-order valence-electron chi connectivity index (χ3n) is 2.25. The van der Waals surface area contributed by atoms with Crippen molar-refractivity contribution in [2.45, 2.75) is 33.3 Å². The minimum Gasteiger partial charge on any atom is -0.495 e. The number of benzene rings is 1. The number of anilines is 1. The summed E-state index contributed by atoms with van der Waals surface area (Å²) in [6, 6.07) is 3.40. The molecule has 5 heteroatoms. The van der Waals surface area contributed by atoms with Crippen LogP contribution in [0, 0.1) is 6.92 Å². The van der Waals surface area contributed by atoms with Crippen molar-refractivity contribution in [2.75, 3.05) is 12.4 Å². The third-order valence-corrected chi connectivity index (χ3v) is 2.25. The molecule has 1 aromatic rings. The minimum atomic E-state index is -0.627. The molecule has 1 rings (SSSR count). The molecule has 0 radical (unpaired) electrons. The van der Waals surface area contributed by atoms with Crippen molar-refractivity contribution < 1.29 is 19.1 Å². The second-order valence-electron chi connectivity index (χ2n) is 5.18. The van der Waals surface area contributed by atoms with Crippen LogP contribution in [-0.2, 0) is 4.74 Å². The lowest BCUT2D eigenvalue weighted by molar-refractivity contribution is 0.0635. The Morgan fingerprint density at radius 3 is 2.42 bits per heavy atom. The molecule has 5 nitrogen and oxygen atoms in total. The van der Waals surface area contributed by atoms with Gasteiger partial charge in [0.25, 0.3) is 0 Å². The van der Waals surface area contributed by atoms with Crippen LogP contribution >= 0.6 is 0 Å². The Morgan fingerprint density at radius 1 is 1.32 bits per heavy atom. The van der Waals surface area contributed by atoms with Crippen molar-refractivity contribution in [3.63, 3.8) is 0 Å². The van der Waals surface area contributed by atoms with Gasteiger partial charge in [0.2, 0.25) is 0 Å². The van der Waals surface area contributed by atoms with Crippen LogP contribution in [0.5, 0.6) is 5.75 Å². The topological polar surface area (TPSA) is 64.6 Å². The van der Waals surface area contributed by atoms with Crippen LogP contribution in [0.4, 0.5) is 10.5 Å². The number of carbonyl (C=O) groups is 2. The number of carbonyl (C=O) groups excluding carboxylic acids is 2. The Bertz CT molecular complexity index is 489. The van der Waals surface area contributed by atoms with Crippen molar-refractivity contribution >= 4 is 18.1 Å². The number of ether oxygens (including phenoxy) is 2. The van der Waals surface area contributed by atoms with E-state index >= 15 is 0 Å². The maximum absolute atomic E-state index is 11.7. The fourth-order valence-corrected chi connectivity index (χ4v) is 1.57. The van der Waals surface area contributed by atoms with Crippen molar-refractivity contribution in [2.24, 2.45) is 0 Å². The van der Waals surface area contributed by atoms with E-state index in [9.17, 15) is 9.59 Å². The van der Waals surface area contributed by atoms with E-state index in [2.05, 4.69) is 5.32 Å². The molecule has 0 saturated carbocycles. The van der Waals surface area contributed by atoms with Crippen molar-refractivity contribution in [3.8, 4) is 5.75 Å². The predicted molar refractivity (Wildman–Crippen MR) is 73.0 cm³/mol. The van der Waals surface area contributed by atoms with E-state index in [1.165, 1.54) is 7.11 Å². The second-order valence-corrected chi connectivity index (χ2v) is 5.18. The lowest BCUT2D eigenvalue weighted by Crippen LogP contribution is -2.27. The molecule has 0 fully saturated rings. The van der Waals surface area contributed by atoms with Gasteiger partial charge >= 0.3 is 6.09 Å². The standard InChI is InChI=1S/C14H19NO4/c1-9-6-10(8-16)12(11(7-9)18-5)15-13(17)19-14(2,3)4/h6-8H,1-5H3,(H,15,17). The Morgan fingerprint density at radius 2 is 1.95 bits per heavy atom. The van der Waals surface area contributed by atoms with Crippen LogP contribution in [0.25, 0.3) is 0 Å². The maximum Gasteiger partial charge on any atom is 0.412 e. The lowest BCUT2D eigenvalue weighted by atomic mass is 10.1. The Labute approximate surface area is 112 Å². The fraction of sp³-hybridized carbons (Fsp3) is 0.429. The number of nitrogens with one attached hydrogen (secondary N) is 1. The number of aryl methyl sites for hydroxylation is 1. The molecule has 0 aromatic heterocycles. The summed E-state index contributed by atoms with van der Waals surface area (Å²) in [5.41, 5.74) is 0.928. The van der Waals surface area contributed by atoms with E-state index in [0.29, 0.717) is 23.3 Å². The Balaban J connectivity index is 3.06. The molecule has 0 atom stereocenters. The first-order valence-corrected chi connectivity index (χ1v) is 5.90. The quantitative estimate of drug-likeness (QED) is 0.852. The highest BCUT2D eigenvalue weighted by Crippen LogP contribution is 2.29. The zero-order valence-corrected chi connectivity index (χ0v) is 11.9. The van der Waals surface area contributed by atoms with Gasteiger partial charge in [-0.3, -0.25) is 10.1 Å². The number of amides is 1. The van der Waals surface area contributed by atoms with E-state index in [0.717, 1.165) is 5.56 Å². The summed E-state index contributed by atoms with van der Waals surface area (Å²) in [5.74, 6) is 0.424.